The van der Waals surface area contributed by atoms with E-state index in [1.54, 1.807) is 0 Å². The Morgan fingerprint density at radius 3 is 2.26 bits per heavy atom. The summed E-state index contributed by atoms with van der Waals surface area (Å²) in [6.07, 6.45) is -4.46. The number of phenols is 1. The van der Waals surface area contributed by atoms with E-state index < -0.39 is 11.7 Å². The summed E-state index contributed by atoms with van der Waals surface area (Å²) in [4.78, 5) is 0. The van der Waals surface area contributed by atoms with Gasteiger partial charge < -0.3 is 10.8 Å². The molecular weight excluding hydrogens is 279 g/mol. The lowest BCUT2D eigenvalue weighted by Crippen LogP contribution is -2.06. The molecule has 2 aromatic rings. The van der Waals surface area contributed by atoms with E-state index in [1.165, 1.54) is 24.3 Å². The molecule has 0 fully saturated rings. The lowest BCUT2D eigenvalue weighted by Gasteiger charge is -2.12. The number of anilines is 1. The maximum absolute atomic E-state index is 12.5. The Morgan fingerprint density at radius 2 is 1.68 bits per heavy atom. The van der Waals surface area contributed by atoms with Crippen LogP contribution in [0.3, 0.4) is 0 Å². The van der Waals surface area contributed by atoms with Gasteiger partial charge in [0.25, 0.3) is 0 Å². The van der Waals surface area contributed by atoms with E-state index in [9.17, 15) is 18.3 Å². The van der Waals surface area contributed by atoms with Gasteiger partial charge in [0, 0.05) is 21.8 Å². The third-order valence-electron chi connectivity index (χ3n) is 2.63. The fraction of sp³-hybridized carbons (Fsp3) is 0.0769. The molecule has 3 N–H and O–H groups in total. The molecule has 2 rings (SSSR count). The summed E-state index contributed by atoms with van der Waals surface area (Å²) in [6, 6.07) is 7.22. The molecule has 0 radical (unpaired) electrons. The monoisotopic (exact) mass is 287 g/mol. The smallest absolute Gasteiger partial charge is 0.416 e. The molecule has 0 bridgehead atoms. The van der Waals surface area contributed by atoms with Gasteiger partial charge in [-0.05, 0) is 30.3 Å². The van der Waals surface area contributed by atoms with E-state index in [4.69, 9.17) is 17.3 Å². The van der Waals surface area contributed by atoms with Crippen molar-refractivity contribution >= 4 is 17.3 Å². The zero-order valence-corrected chi connectivity index (χ0v) is 10.3. The first-order valence-corrected chi connectivity index (χ1v) is 5.62. The Hall–Kier alpha value is -1.88. The van der Waals surface area contributed by atoms with E-state index in [1.807, 2.05) is 0 Å². The van der Waals surface area contributed by atoms with Gasteiger partial charge in [-0.3, -0.25) is 0 Å². The van der Waals surface area contributed by atoms with Gasteiger partial charge in [-0.15, -0.1) is 0 Å². The Morgan fingerprint density at radius 1 is 1.00 bits per heavy atom. The Kier molecular flexibility index (Phi) is 3.32. The van der Waals surface area contributed by atoms with Gasteiger partial charge in [0.1, 0.15) is 5.75 Å². The fourth-order valence-corrected chi connectivity index (χ4v) is 1.88. The van der Waals surface area contributed by atoms with Crippen LogP contribution in [0.15, 0.2) is 36.4 Å². The van der Waals surface area contributed by atoms with Crippen LogP contribution < -0.4 is 5.73 Å². The van der Waals surface area contributed by atoms with Crippen LogP contribution in [-0.4, -0.2) is 5.11 Å². The summed E-state index contributed by atoms with van der Waals surface area (Å²) in [5.74, 6) is -0.101. The number of alkyl halides is 3. The molecule has 0 saturated carbocycles. The number of rotatable bonds is 1. The van der Waals surface area contributed by atoms with E-state index in [0.29, 0.717) is 16.1 Å². The van der Waals surface area contributed by atoms with Gasteiger partial charge >= 0.3 is 6.18 Å². The number of benzene rings is 2. The highest BCUT2D eigenvalue weighted by atomic mass is 35.5. The van der Waals surface area contributed by atoms with E-state index in [2.05, 4.69) is 0 Å². The minimum atomic E-state index is -4.46. The maximum Gasteiger partial charge on any atom is 0.416 e. The van der Waals surface area contributed by atoms with Crippen LogP contribution in [0.25, 0.3) is 11.1 Å². The number of hydrogen-bond donors (Lipinski definition) is 2. The van der Waals surface area contributed by atoms with Gasteiger partial charge in [-0.1, -0.05) is 17.7 Å². The first kappa shape index (κ1) is 13.5. The molecule has 0 saturated heterocycles. The highest BCUT2D eigenvalue weighted by Crippen LogP contribution is 2.38. The van der Waals surface area contributed by atoms with Crippen molar-refractivity contribution in [2.45, 2.75) is 6.18 Å². The second-order valence-electron chi connectivity index (χ2n) is 3.96. The summed E-state index contributed by atoms with van der Waals surface area (Å²) >= 11 is 5.79. The van der Waals surface area contributed by atoms with Gasteiger partial charge in [-0.25, -0.2) is 0 Å². The van der Waals surface area contributed by atoms with Crippen LogP contribution in [0, 0.1) is 0 Å². The molecule has 0 unspecified atom stereocenters. The Balaban J connectivity index is 2.55. The number of hydrogen-bond acceptors (Lipinski definition) is 2. The third-order valence-corrected chi connectivity index (χ3v) is 2.86. The maximum atomic E-state index is 12.5. The average molecular weight is 288 g/mol. The van der Waals surface area contributed by atoms with Crippen molar-refractivity contribution in [1.29, 1.82) is 0 Å². The van der Waals surface area contributed by atoms with Gasteiger partial charge in [-0.2, -0.15) is 13.2 Å². The Bertz CT molecular complexity index is 626. The van der Waals surface area contributed by atoms with Crippen LogP contribution in [0.1, 0.15) is 5.56 Å². The van der Waals surface area contributed by atoms with Crippen molar-refractivity contribution in [2.75, 3.05) is 5.73 Å². The van der Waals surface area contributed by atoms with Gasteiger partial charge in [0.2, 0.25) is 0 Å². The van der Waals surface area contributed by atoms with Crippen molar-refractivity contribution in [3.8, 4) is 16.9 Å². The highest BCUT2D eigenvalue weighted by molar-refractivity contribution is 6.31. The molecule has 0 heterocycles. The summed E-state index contributed by atoms with van der Waals surface area (Å²) in [5.41, 5.74) is 5.29. The highest BCUT2D eigenvalue weighted by Gasteiger charge is 2.31. The number of phenolic OH excluding ortho intramolecular Hbond substituents is 1. The van der Waals surface area contributed by atoms with Crippen molar-refractivity contribution in [1.82, 2.24) is 0 Å². The predicted molar refractivity (Wildman–Crippen MR) is 68.0 cm³/mol. The molecule has 0 spiro atoms. The molecule has 0 atom stereocenters. The number of halogens is 4. The van der Waals surface area contributed by atoms with Crippen LogP contribution in [0.2, 0.25) is 5.02 Å². The van der Waals surface area contributed by atoms with Gasteiger partial charge in [0.05, 0.1) is 5.56 Å². The molecule has 6 heteroatoms. The van der Waals surface area contributed by atoms with E-state index >= 15 is 0 Å². The minimum Gasteiger partial charge on any atom is -0.507 e. The average Bonchev–Trinajstić information content (AvgIpc) is 2.31. The zero-order chi connectivity index (χ0) is 14.2. The quantitative estimate of drug-likeness (QED) is 0.768. The van der Waals surface area contributed by atoms with Crippen molar-refractivity contribution in [2.24, 2.45) is 0 Å². The molecule has 0 aromatic heterocycles. The molecule has 100 valence electrons. The van der Waals surface area contributed by atoms with Gasteiger partial charge in [0.15, 0.2) is 0 Å². The number of nitrogen functional groups attached to an aromatic ring is 1. The van der Waals surface area contributed by atoms with Crippen LogP contribution in [-0.2, 0) is 6.18 Å². The largest absolute Gasteiger partial charge is 0.507 e. The molecule has 2 aromatic carbocycles. The Labute approximate surface area is 112 Å². The lowest BCUT2D eigenvalue weighted by molar-refractivity contribution is -0.137. The second-order valence-corrected chi connectivity index (χ2v) is 4.40. The lowest BCUT2D eigenvalue weighted by atomic mass is 10.0. The van der Waals surface area contributed by atoms with Crippen LogP contribution in [0.5, 0.6) is 5.75 Å². The standard InChI is InChI=1S/C13H9ClF3NO/c14-8-2-4-12(19)10(6-8)9-3-1-7(5-11(9)18)13(15,16)17/h1-6,19H,18H2. The van der Waals surface area contributed by atoms with E-state index in [-0.39, 0.29) is 11.4 Å². The van der Waals surface area contributed by atoms with Crippen LogP contribution in [0.4, 0.5) is 18.9 Å². The summed E-state index contributed by atoms with van der Waals surface area (Å²) in [5, 5.41) is 10.1. The summed E-state index contributed by atoms with van der Waals surface area (Å²) < 4.78 is 37.6. The molecule has 2 nitrogen and oxygen atoms in total. The van der Waals surface area contributed by atoms with Crippen LogP contribution >= 0.6 is 11.6 Å². The molecule has 0 aliphatic rings. The normalized spacial score (nSPS) is 11.6. The third kappa shape index (κ3) is 2.76. The fourth-order valence-electron chi connectivity index (χ4n) is 1.71. The minimum absolute atomic E-state index is 0.0765. The molecule has 0 aliphatic heterocycles. The SMILES string of the molecule is Nc1cc(C(F)(F)F)ccc1-c1cc(Cl)ccc1O. The molecule has 19 heavy (non-hydrogen) atoms. The molecule has 0 aliphatic carbocycles. The second kappa shape index (κ2) is 4.66. The van der Waals surface area contributed by atoms with E-state index in [0.717, 1.165) is 12.1 Å². The first-order chi connectivity index (χ1) is 8.79. The number of aromatic hydroxyl groups is 1. The topological polar surface area (TPSA) is 46.2 Å². The summed E-state index contributed by atoms with van der Waals surface area (Å²) in [6.45, 7) is 0. The predicted octanol–water partition coefficient (Wildman–Crippen LogP) is 4.31. The first-order valence-electron chi connectivity index (χ1n) is 5.24. The molecular formula is C13H9ClF3NO. The molecule has 0 amide bonds. The summed E-state index contributed by atoms with van der Waals surface area (Å²) in [7, 11) is 0. The van der Waals surface area contributed by atoms with Crippen molar-refractivity contribution < 1.29 is 18.3 Å². The number of nitrogens with two attached hydrogens (primary N) is 1. The zero-order valence-electron chi connectivity index (χ0n) is 9.50. The van der Waals surface area contributed by atoms with Crippen molar-refractivity contribution in [3.05, 3.63) is 47.0 Å². The van der Waals surface area contributed by atoms with Crippen molar-refractivity contribution in [3.63, 3.8) is 0 Å².